The Hall–Kier alpha value is -1.28. The normalized spacial score (nSPS) is 14.4. The van der Waals surface area contributed by atoms with Gasteiger partial charge in [0.15, 0.2) is 11.6 Å². The van der Waals surface area contributed by atoms with Gasteiger partial charge in [-0.05, 0) is 13.3 Å². The average Bonchev–Trinajstić information content (AvgIpc) is 2.79. The highest BCUT2D eigenvalue weighted by Gasteiger charge is 2.23. The van der Waals surface area contributed by atoms with Crippen molar-refractivity contribution in [3.05, 3.63) is 17.7 Å². The van der Waals surface area contributed by atoms with E-state index in [4.69, 9.17) is 9.84 Å². The Kier molecular flexibility index (Phi) is 6.10. The first-order valence-corrected chi connectivity index (χ1v) is 6.14. The molecule has 0 aliphatic rings. The molecule has 0 bridgehead atoms. The van der Waals surface area contributed by atoms with E-state index in [0.29, 0.717) is 6.61 Å². The summed E-state index contributed by atoms with van der Waals surface area (Å²) in [6.45, 7) is 3.59. The van der Waals surface area contributed by atoms with Crippen LogP contribution in [0.3, 0.4) is 0 Å². The van der Waals surface area contributed by atoms with Crippen LogP contribution in [0.2, 0.25) is 0 Å². The molecule has 2 atom stereocenters. The van der Waals surface area contributed by atoms with Crippen LogP contribution in [0, 0.1) is 0 Å². The lowest BCUT2D eigenvalue weighted by molar-refractivity contribution is 0.00189. The van der Waals surface area contributed by atoms with Crippen LogP contribution in [0.1, 0.15) is 42.7 Å². The molecule has 19 heavy (non-hydrogen) atoms. The maximum Gasteiger partial charge on any atom is 0.195 e. The van der Waals surface area contributed by atoms with Gasteiger partial charge in [-0.3, -0.25) is 4.79 Å². The van der Waals surface area contributed by atoms with Crippen molar-refractivity contribution in [2.24, 2.45) is 0 Å². The van der Waals surface area contributed by atoms with Gasteiger partial charge in [-0.25, -0.2) is 4.98 Å². The van der Waals surface area contributed by atoms with Crippen molar-refractivity contribution in [2.45, 2.75) is 39.2 Å². The Labute approximate surface area is 111 Å². The first-order valence-electron chi connectivity index (χ1n) is 6.14. The van der Waals surface area contributed by atoms with Crippen molar-refractivity contribution in [3.8, 4) is 0 Å². The summed E-state index contributed by atoms with van der Waals surface area (Å²) in [6, 6.07) is 0. The standard InChI is InChI=1S/C12H20N2O5/c1-3-19-7-14-6-9(13-12(14)8(2)16)11(18)10(17)4-5-15/h6,10-11,15,17-18H,3-5,7H2,1-2H3/t10-,11-/m1/s1. The van der Waals surface area contributed by atoms with E-state index in [2.05, 4.69) is 4.98 Å². The van der Waals surface area contributed by atoms with Crippen molar-refractivity contribution >= 4 is 5.78 Å². The number of carbonyl (C=O) groups is 1. The molecule has 7 nitrogen and oxygen atoms in total. The summed E-state index contributed by atoms with van der Waals surface area (Å²) in [5, 5.41) is 28.2. The summed E-state index contributed by atoms with van der Waals surface area (Å²) in [5.74, 6) is -0.0894. The van der Waals surface area contributed by atoms with Gasteiger partial charge in [0.1, 0.15) is 12.8 Å². The summed E-state index contributed by atoms with van der Waals surface area (Å²) in [4.78, 5) is 15.4. The monoisotopic (exact) mass is 272 g/mol. The highest BCUT2D eigenvalue weighted by atomic mass is 16.5. The number of hydrogen-bond donors (Lipinski definition) is 3. The summed E-state index contributed by atoms with van der Waals surface area (Å²) in [5.41, 5.74) is 0.186. The molecule has 0 saturated carbocycles. The second-order valence-corrected chi connectivity index (χ2v) is 4.16. The summed E-state index contributed by atoms with van der Waals surface area (Å²) >= 11 is 0. The lowest BCUT2D eigenvalue weighted by Crippen LogP contribution is -2.19. The molecule has 0 saturated heterocycles. The third kappa shape index (κ3) is 4.10. The topological polar surface area (TPSA) is 105 Å². The predicted octanol–water partition coefficient (Wildman–Crippen LogP) is -0.144. The van der Waals surface area contributed by atoms with Gasteiger partial charge in [0.25, 0.3) is 0 Å². The molecule has 3 N–H and O–H groups in total. The molecular formula is C12H20N2O5. The van der Waals surface area contributed by atoms with Gasteiger partial charge in [0.2, 0.25) is 0 Å². The minimum atomic E-state index is -1.24. The molecule has 0 unspecified atom stereocenters. The van der Waals surface area contributed by atoms with Crippen molar-refractivity contribution in [1.29, 1.82) is 0 Å². The van der Waals surface area contributed by atoms with Crippen LogP contribution < -0.4 is 0 Å². The molecule has 108 valence electrons. The molecule has 1 rings (SSSR count). The van der Waals surface area contributed by atoms with Crippen molar-refractivity contribution in [3.63, 3.8) is 0 Å². The van der Waals surface area contributed by atoms with E-state index < -0.39 is 12.2 Å². The van der Waals surface area contributed by atoms with Crippen LogP contribution in [-0.4, -0.2) is 50.0 Å². The number of aromatic nitrogens is 2. The van der Waals surface area contributed by atoms with Crippen LogP contribution in [0.5, 0.6) is 0 Å². The second-order valence-electron chi connectivity index (χ2n) is 4.16. The molecule has 7 heteroatoms. The number of Topliss-reactive ketones (excluding diaryl/α,β-unsaturated/α-hetero) is 1. The van der Waals surface area contributed by atoms with Gasteiger partial charge in [0.05, 0.1) is 11.8 Å². The number of aliphatic hydroxyl groups is 3. The Morgan fingerprint density at radius 3 is 2.74 bits per heavy atom. The zero-order chi connectivity index (χ0) is 14.4. The van der Waals surface area contributed by atoms with Crippen LogP contribution in [-0.2, 0) is 11.5 Å². The molecule has 1 aromatic rings. The number of nitrogens with zero attached hydrogens (tertiary/aromatic N) is 2. The Morgan fingerprint density at radius 1 is 1.53 bits per heavy atom. The van der Waals surface area contributed by atoms with E-state index in [1.54, 1.807) is 0 Å². The van der Waals surface area contributed by atoms with Crippen LogP contribution in [0.25, 0.3) is 0 Å². The fourth-order valence-electron chi connectivity index (χ4n) is 1.63. The van der Waals surface area contributed by atoms with E-state index in [1.807, 2.05) is 6.92 Å². The number of carbonyl (C=O) groups excluding carboxylic acids is 1. The molecule has 0 spiro atoms. The van der Waals surface area contributed by atoms with Gasteiger partial charge in [-0.2, -0.15) is 0 Å². The van der Waals surface area contributed by atoms with Gasteiger partial charge >= 0.3 is 0 Å². The Balaban J connectivity index is 2.93. The number of ketones is 1. The Morgan fingerprint density at radius 2 is 2.21 bits per heavy atom. The highest BCUT2D eigenvalue weighted by molar-refractivity contribution is 5.90. The average molecular weight is 272 g/mol. The van der Waals surface area contributed by atoms with E-state index in [9.17, 15) is 15.0 Å². The van der Waals surface area contributed by atoms with Gasteiger partial charge in [-0.1, -0.05) is 0 Å². The van der Waals surface area contributed by atoms with E-state index in [-0.39, 0.29) is 37.1 Å². The molecule has 1 aromatic heterocycles. The lowest BCUT2D eigenvalue weighted by Gasteiger charge is -2.14. The first-order chi connectivity index (χ1) is 9.01. The molecule has 0 aliphatic heterocycles. The largest absolute Gasteiger partial charge is 0.396 e. The number of imidazole rings is 1. The molecule has 1 heterocycles. The van der Waals surface area contributed by atoms with E-state index in [0.717, 1.165) is 0 Å². The van der Waals surface area contributed by atoms with E-state index in [1.165, 1.54) is 17.7 Å². The SMILES string of the molecule is CCOCn1cc([C@@H](O)[C@H](O)CCO)nc1C(C)=O. The molecule has 0 amide bonds. The Bertz CT molecular complexity index is 418. The van der Waals surface area contributed by atoms with Crippen LogP contribution in [0.4, 0.5) is 0 Å². The van der Waals surface area contributed by atoms with Crippen LogP contribution >= 0.6 is 0 Å². The third-order valence-corrected chi connectivity index (χ3v) is 2.64. The third-order valence-electron chi connectivity index (χ3n) is 2.64. The van der Waals surface area contributed by atoms with Gasteiger partial charge in [0, 0.05) is 26.3 Å². The quantitative estimate of drug-likeness (QED) is 0.569. The number of aliphatic hydroxyl groups excluding tert-OH is 3. The van der Waals surface area contributed by atoms with Crippen molar-refractivity contribution in [2.75, 3.05) is 13.2 Å². The van der Waals surface area contributed by atoms with Gasteiger partial charge in [-0.15, -0.1) is 0 Å². The first kappa shape index (κ1) is 15.8. The fraction of sp³-hybridized carbons (Fsp3) is 0.667. The maximum atomic E-state index is 11.4. The number of rotatable bonds is 8. The number of ether oxygens (including phenoxy) is 1. The molecule has 0 radical (unpaired) electrons. The highest BCUT2D eigenvalue weighted by Crippen LogP contribution is 2.19. The lowest BCUT2D eigenvalue weighted by atomic mass is 10.1. The summed E-state index contributed by atoms with van der Waals surface area (Å²) < 4.78 is 6.68. The van der Waals surface area contributed by atoms with Gasteiger partial charge < -0.3 is 24.6 Å². The summed E-state index contributed by atoms with van der Waals surface area (Å²) in [6.07, 6.45) is -0.861. The summed E-state index contributed by atoms with van der Waals surface area (Å²) in [7, 11) is 0. The minimum Gasteiger partial charge on any atom is -0.396 e. The predicted molar refractivity (Wildman–Crippen MR) is 66.5 cm³/mol. The zero-order valence-corrected chi connectivity index (χ0v) is 11.1. The van der Waals surface area contributed by atoms with Crippen molar-refractivity contribution < 1.29 is 24.9 Å². The molecule has 0 fully saturated rings. The molecular weight excluding hydrogens is 252 g/mol. The fourth-order valence-corrected chi connectivity index (χ4v) is 1.63. The minimum absolute atomic E-state index is 0.0366. The number of hydrogen-bond acceptors (Lipinski definition) is 6. The smallest absolute Gasteiger partial charge is 0.195 e. The maximum absolute atomic E-state index is 11.4. The van der Waals surface area contributed by atoms with Crippen molar-refractivity contribution in [1.82, 2.24) is 9.55 Å². The second kappa shape index (κ2) is 7.34. The molecule has 0 aromatic carbocycles. The zero-order valence-electron chi connectivity index (χ0n) is 11.1. The van der Waals surface area contributed by atoms with E-state index >= 15 is 0 Å². The molecule has 0 aliphatic carbocycles. The van der Waals surface area contributed by atoms with Crippen LogP contribution in [0.15, 0.2) is 6.20 Å².